The standard InChI is InChI=1S/C10H14Br2N2O2S/c1-10(2,3)16-9(15)14(4)5-6-7(11)8(12)17-13-6/h5H2,1-4H3. The van der Waals surface area contributed by atoms with Crippen molar-refractivity contribution in [1.82, 2.24) is 9.27 Å². The van der Waals surface area contributed by atoms with E-state index in [1.807, 2.05) is 20.8 Å². The molecule has 0 radical (unpaired) electrons. The van der Waals surface area contributed by atoms with Crippen LogP contribution in [0.5, 0.6) is 0 Å². The van der Waals surface area contributed by atoms with E-state index in [0.717, 1.165) is 14.0 Å². The molecule has 1 amide bonds. The maximum Gasteiger partial charge on any atom is 0.410 e. The lowest BCUT2D eigenvalue weighted by Crippen LogP contribution is -2.33. The van der Waals surface area contributed by atoms with Crippen molar-refractivity contribution in [3.8, 4) is 0 Å². The summed E-state index contributed by atoms with van der Waals surface area (Å²) in [5, 5.41) is 0. The van der Waals surface area contributed by atoms with Crippen LogP contribution < -0.4 is 0 Å². The first-order valence-corrected chi connectivity index (χ1v) is 7.30. The molecule has 1 heterocycles. The second-order valence-corrected chi connectivity index (χ2v) is 7.44. The summed E-state index contributed by atoms with van der Waals surface area (Å²) < 4.78 is 11.3. The van der Waals surface area contributed by atoms with Gasteiger partial charge in [-0.25, -0.2) is 4.79 Å². The lowest BCUT2D eigenvalue weighted by atomic mass is 10.2. The van der Waals surface area contributed by atoms with Crippen LogP contribution in [0.2, 0.25) is 0 Å². The number of carbonyl (C=O) groups is 1. The summed E-state index contributed by atoms with van der Waals surface area (Å²) in [5.74, 6) is 0. The maximum absolute atomic E-state index is 11.7. The van der Waals surface area contributed by atoms with E-state index in [4.69, 9.17) is 4.74 Å². The van der Waals surface area contributed by atoms with Gasteiger partial charge >= 0.3 is 6.09 Å². The highest BCUT2D eigenvalue weighted by Crippen LogP contribution is 2.31. The summed E-state index contributed by atoms with van der Waals surface area (Å²) in [6.45, 7) is 5.94. The van der Waals surface area contributed by atoms with Gasteiger partial charge in [0.15, 0.2) is 0 Å². The van der Waals surface area contributed by atoms with Crippen LogP contribution >= 0.6 is 43.4 Å². The minimum absolute atomic E-state index is 0.353. The van der Waals surface area contributed by atoms with E-state index in [1.54, 1.807) is 7.05 Å². The third-order valence-electron chi connectivity index (χ3n) is 1.75. The van der Waals surface area contributed by atoms with Crippen LogP contribution in [0.4, 0.5) is 4.79 Å². The Morgan fingerprint density at radius 3 is 2.47 bits per heavy atom. The van der Waals surface area contributed by atoms with Crippen molar-refractivity contribution in [1.29, 1.82) is 0 Å². The molecule has 7 heteroatoms. The first-order valence-electron chi connectivity index (χ1n) is 4.94. The second-order valence-electron chi connectivity index (χ2n) is 4.55. The highest BCUT2D eigenvalue weighted by molar-refractivity contribution is 9.13. The smallest absolute Gasteiger partial charge is 0.410 e. The number of halogens is 2. The molecule has 0 aliphatic carbocycles. The van der Waals surface area contributed by atoms with Crippen LogP contribution in [0.3, 0.4) is 0 Å². The van der Waals surface area contributed by atoms with E-state index in [1.165, 1.54) is 16.4 Å². The van der Waals surface area contributed by atoms with Crippen LogP contribution in [0.25, 0.3) is 0 Å². The fourth-order valence-electron chi connectivity index (χ4n) is 1.02. The molecule has 0 aliphatic rings. The topological polar surface area (TPSA) is 42.4 Å². The van der Waals surface area contributed by atoms with Crippen molar-refractivity contribution >= 4 is 49.5 Å². The highest BCUT2D eigenvalue weighted by atomic mass is 79.9. The van der Waals surface area contributed by atoms with Crippen LogP contribution in [-0.2, 0) is 11.3 Å². The summed E-state index contributed by atoms with van der Waals surface area (Å²) in [6, 6.07) is 0. The molecular formula is C10H14Br2N2O2S. The first kappa shape index (κ1) is 14.9. The van der Waals surface area contributed by atoms with Crippen molar-refractivity contribution in [3.63, 3.8) is 0 Å². The number of carbonyl (C=O) groups excluding carboxylic acids is 1. The number of amides is 1. The monoisotopic (exact) mass is 384 g/mol. The van der Waals surface area contributed by atoms with E-state index >= 15 is 0 Å². The minimum atomic E-state index is -0.481. The van der Waals surface area contributed by atoms with Crippen molar-refractivity contribution in [2.24, 2.45) is 0 Å². The fraction of sp³-hybridized carbons (Fsp3) is 0.600. The van der Waals surface area contributed by atoms with E-state index in [-0.39, 0.29) is 6.09 Å². The van der Waals surface area contributed by atoms with Gasteiger partial charge in [0, 0.05) is 7.05 Å². The molecule has 4 nitrogen and oxygen atoms in total. The van der Waals surface area contributed by atoms with Gasteiger partial charge in [-0.3, -0.25) is 0 Å². The molecule has 0 saturated heterocycles. The molecule has 0 fully saturated rings. The average molecular weight is 386 g/mol. The molecule has 1 aromatic heterocycles. The van der Waals surface area contributed by atoms with E-state index in [2.05, 4.69) is 36.2 Å². The minimum Gasteiger partial charge on any atom is -0.444 e. The van der Waals surface area contributed by atoms with Gasteiger partial charge in [-0.05, 0) is 64.2 Å². The number of hydrogen-bond acceptors (Lipinski definition) is 4. The summed E-state index contributed by atoms with van der Waals surface area (Å²) in [7, 11) is 1.69. The van der Waals surface area contributed by atoms with Crippen LogP contribution in [-0.4, -0.2) is 28.0 Å². The van der Waals surface area contributed by atoms with Crippen molar-refractivity contribution in [2.45, 2.75) is 32.9 Å². The molecule has 0 unspecified atom stereocenters. The Kier molecular flexibility index (Phi) is 4.97. The molecule has 0 aromatic carbocycles. The summed E-state index contributed by atoms with van der Waals surface area (Å²) in [5.41, 5.74) is 0.334. The Morgan fingerprint density at radius 2 is 2.06 bits per heavy atom. The Labute approximate surface area is 122 Å². The van der Waals surface area contributed by atoms with Gasteiger partial charge in [0.2, 0.25) is 0 Å². The number of hydrogen-bond donors (Lipinski definition) is 0. The molecule has 0 atom stereocenters. The third-order valence-corrected chi connectivity index (χ3v) is 4.91. The molecule has 0 bridgehead atoms. The van der Waals surface area contributed by atoms with Crippen molar-refractivity contribution in [3.05, 3.63) is 14.0 Å². The molecule has 17 heavy (non-hydrogen) atoms. The SMILES string of the molecule is CN(Cc1nsc(Br)c1Br)C(=O)OC(C)(C)C. The predicted molar refractivity (Wildman–Crippen MR) is 75.2 cm³/mol. The molecular weight excluding hydrogens is 372 g/mol. The van der Waals surface area contributed by atoms with E-state index < -0.39 is 5.60 Å². The molecule has 0 spiro atoms. The van der Waals surface area contributed by atoms with Crippen molar-refractivity contribution < 1.29 is 9.53 Å². The summed E-state index contributed by atoms with van der Waals surface area (Å²) in [6.07, 6.45) is -0.353. The van der Waals surface area contributed by atoms with E-state index in [0.29, 0.717) is 6.54 Å². The molecule has 0 aliphatic heterocycles. The van der Waals surface area contributed by atoms with Gasteiger partial charge in [0.05, 0.1) is 16.7 Å². The Balaban J connectivity index is 2.63. The zero-order chi connectivity index (χ0) is 13.2. The Morgan fingerprint density at radius 1 is 1.47 bits per heavy atom. The van der Waals surface area contributed by atoms with Gasteiger partial charge in [0.1, 0.15) is 9.39 Å². The number of nitrogens with zero attached hydrogens (tertiary/aromatic N) is 2. The van der Waals surface area contributed by atoms with Crippen LogP contribution in [0.15, 0.2) is 8.26 Å². The zero-order valence-electron chi connectivity index (χ0n) is 10.1. The summed E-state index contributed by atoms with van der Waals surface area (Å²) in [4.78, 5) is 13.2. The fourth-order valence-corrected chi connectivity index (χ4v) is 2.55. The maximum atomic E-state index is 11.7. The molecule has 0 saturated carbocycles. The number of rotatable bonds is 2. The van der Waals surface area contributed by atoms with Crippen molar-refractivity contribution in [2.75, 3.05) is 7.05 Å². The molecule has 1 rings (SSSR count). The number of aromatic nitrogens is 1. The van der Waals surface area contributed by atoms with Gasteiger partial charge in [-0.2, -0.15) is 4.37 Å². The lowest BCUT2D eigenvalue weighted by Gasteiger charge is -2.24. The average Bonchev–Trinajstić information content (AvgIpc) is 2.47. The first-order chi connectivity index (χ1) is 7.70. The predicted octanol–water partition coefficient (Wildman–Crippen LogP) is 4.04. The molecule has 0 N–H and O–H groups in total. The Hall–Kier alpha value is -0.140. The zero-order valence-corrected chi connectivity index (χ0v) is 14.1. The van der Waals surface area contributed by atoms with Gasteiger partial charge in [0.25, 0.3) is 0 Å². The second kappa shape index (κ2) is 5.67. The molecule has 96 valence electrons. The van der Waals surface area contributed by atoms with Gasteiger partial charge in [-0.1, -0.05) is 0 Å². The van der Waals surface area contributed by atoms with Gasteiger partial charge in [-0.15, -0.1) is 0 Å². The van der Waals surface area contributed by atoms with Crippen LogP contribution in [0, 0.1) is 0 Å². The summed E-state index contributed by atoms with van der Waals surface area (Å²) >= 11 is 8.12. The third kappa shape index (κ3) is 4.56. The van der Waals surface area contributed by atoms with Crippen LogP contribution in [0.1, 0.15) is 26.5 Å². The normalized spacial score (nSPS) is 11.4. The number of ether oxygens (including phenoxy) is 1. The Bertz CT molecular complexity index is 415. The van der Waals surface area contributed by atoms with Gasteiger partial charge < -0.3 is 9.64 Å². The quantitative estimate of drug-likeness (QED) is 0.771. The van der Waals surface area contributed by atoms with E-state index in [9.17, 15) is 4.79 Å². The largest absolute Gasteiger partial charge is 0.444 e. The highest BCUT2D eigenvalue weighted by Gasteiger charge is 2.21. The lowest BCUT2D eigenvalue weighted by molar-refractivity contribution is 0.0283. The molecule has 1 aromatic rings.